The summed E-state index contributed by atoms with van der Waals surface area (Å²) in [6.07, 6.45) is 2.02. The second-order valence-corrected chi connectivity index (χ2v) is 4.69. The number of fused-ring (bicyclic) bond motifs is 1. The van der Waals surface area contributed by atoms with Crippen molar-refractivity contribution in [2.24, 2.45) is 7.05 Å². The molecule has 0 bridgehead atoms. The molecule has 0 amide bonds. The summed E-state index contributed by atoms with van der Waals surface area (Å²) in [4.78, 5) is 0. The molecule has 0 aliphatic heterocycles. The van der Waals surface area contributed by atoms with Crippen LogP contribution in [0.15, 0.2) is 54.9 Å². The molecule has 0 saturated carbocycles. The standard InChI is InChI=1S/C16H16FN2O.BrH/c1-18-12-19(15-8-4-3-7-14(15)18)10-11-20-16-9-5-2-6-13(16)17;/h2-9,12H,10-11H2,1H3;1H/q+1;/p-1. The molecule has 0 N–H and O–H groups in total. The van der Waals surface area contributed by atoms with Gasteiger partial charge < -0.3 is 21.7 Å². The number of para-hydroxylation sites is 3. The Morgan fingerprint density at radius 3 is 2.62 bits per heavy atom. The Balaban J connectivity index is 0.00000161. The zero-order valence-corrected chi connectivity index (χ0v) is 13.3. The number of hydrogen-bond acceptors (Lipinski definition) is 1. The van der Waals surface area contributed by atoms with Crippen molar-refractivity contribution in [2.45, 2.75) is 6.54 Å². The Morgan fingerprint density at radius 2 is 1.81 bits per heavy atom. The second-order valence-electron chi connectivity index (χ2n) is 4.69. The number of benzene rings is 2. The van der Waals surface area contributed by atoms with Crippen LogP contribution < -0.4 is 26.3 Å². The molecular formula is C16H16BrFN2O. The summed E-state index contributed by atoms with van der Waals surface area (Å²) in [6.45, 7) is 1.11. The van der Waals surface area contributed by atoms with Crippen molar-refractivity contribution >= 4 is 11.0 Å². The minimum Gasteiger partial charge on any atom is -1.00 e. The monoisotopic (exact) mass is 350 g/mol. The van der Waals surface area contributed by atoms with E-state index >= 15 is 0 Å². The van der Waals surface area contributed by atoms with Gasteiger partial charge in [-0.05, 0) is 24.3 Å². The largest absolute Gasteiger partial charge is 1.00 e. The van der Waals surface area contributed by atoms with Crippen LogP contribution in [-0.2, 0) is 13.6 Å². The first-order valence-corrected chi connectivity index (χ1v) is 6.56. The highest BCUT2D eigenvalue weighted by molar-refractivity contribution is 5.71. The summed E-state index contributed by atoms with van der Waals surface area (Å²) in [5, 5.41) is 0. The van der Waals surface area contributed by atoms with E-state index < -0.39 is 0 Å². The summed E-state index contributed by atoms with van der Waals surface area (Å²) >= 11 is 0. The van der Waals surface area contributed by atoms with E-state index in [0.29, 0.717) is 18.9 Å². The Bertz CT molecular complexity index is 742. The normalized spacial score (nSPS) is 10.4. The minimum atomic E-state index is -0.324. The molecule has 110 valence electrons. The zero-order chi connectivity index (χ0) is 13.9. The lowest BCUT2D eigenvalue weighted by Crippen LogP contribution is -3.00. The van der Waals surface area contributed by atoms with Crippen molar-refractivity contribution in [3.63, 3.8) is 0 Å². The van der Waals surface area contributed by atoms with Crippen LogP contribution in [0.1, 0.15) is 0 Å². The Hall–Kier alpha value is -1.88. The lowest BCUT2D eigenvalue weighted by molar-refractivity contribution is -0.645. The van der Waals surface area contributed by atoms with Crippen molar-refractivity contribution < 1.29 is 30.7 Å². The quantitative estimate of drug-likeness (QED) is 0.590. The van der Waals surface area contributed by atoms with Gasteiger partial charge in [-0.1, -0.05) is 24.3 Å². The van der Waals surface area contributed by atoms with Crippen LogP contribution in [0.25, 0.3) is 11.0 Å². The maximum absolute atomic E-state index is 13.4. The molecule has 0 atom stereocenters. The predicted molar refractivity (Wildman–Crippen MR) is 75.0 cm³/mol. The number of nitrogens with zero attached hydrogens (tertiary/aromatic N) is 2. The minimum absolute atomic E-state index is 0. The van der Waals surface area contributed by atoms with E-state index in [9.17, 15) is 4.39 Å². The van der Waals surface area contributed by atoms with Crippen LogP contribution in [0.3, 0.4) is 0 Å². The Morgan fingerprint density at radius 1 is 1.10 bits per heavy atom. The highest BCUT2D eigenvalue weighted by Crippen LogP contribution is 2.16. The van der Waals surface area contributed by atoms with E-state index in [1.165, 1.54) is 11.6 Å². The van der Waals surface area contributed by atoms with Crippen LogP contribution in [0.4, 0.5) is 4.39 Å². The maximum Gasteiger partial charge on any atom is 0.244 e. The SMILES string of the molecule is C[n+]1cn(CCOc2ccccc2F)c2ccccc21.[Br-]. The van der Waals surface area contributed by atoms with Gasteiger partial charge in [0.1, 0.15) is 13.2 Å². The molecule has 0 saturated heterocycles. The molecule has 0 unspecified atom stereocenters. The van der Waals surface area contributed by atoms with Gasteiger partial charge in [0.05, 0.1) is 7.05 Å². The number of aryl methyl sites for hydroxylation is 1. The second kappa shape index (κ2) is 6.72. The molecule has 5 heteroatoms. The van der Waals surface area contributed by atoms with Crippen molar-refractivity contribution in [1.29, 1.82) is 0 Å². The van der Waals surface area contributed by atoms with E-state index in [0.717, 1.165) is 5.52 Å². The van der Waals surface area contributed by atoms with Gasteiger partial charge in [0, 0.05) is 0 Å². The third-order valence-corrected chi connectivity index (χ3v) is 3.31. The average Bonchev–Trinajstić information content (AvgIpc) is 2.78. The van der Waals surface area contributed by atoms with Crippen molar-refractivity contribution in [2.75, 3.05) is 6.61 Å². The highest BCUT2D eigenvalue weighted by atomic mass is 79.9. The summed E-state index contributed by atoms with van der Waals surface area (Å²) in [7, 11) is 2.01. The van der Waals surface area contributed by atoms with Gasteiger partial charge >= 0.3 is 0 Å². The average molecular weight is 351 g/mol. The first-order chi connectivity index (χ1) is 9.75. The maximum atomic E-state index is 13.4. The molecule has 0 fully saturated rings. The summed E-state index contributed by atoms with van der Waals surface area (Å²) in [6, 6.07) is 14.6. The number of halogens is 2. The predicted octanol–water partition coefficient (Wildman–Crippen LogP) is -0.312. The first-order valence-electron chi connectivity index (χ1n) is 6.56. The fourth-order valence-electron chi connectivity index (χ4n) is 2.33. The van der Waals surface area contributed by atoms with Crippen LogP contribution in [-0.4, -0.2) is 11.2 Å². The molecule has 3 rings (SSSR count). The van der Waals surface area contributed by atoms with Crippen LogP contribution in [0.2, 0.25) is 0 Å². The van der Waals surface area contributed by atoms with E-state index in [2.05, 4.69) is 21.3 Å². The van der Waals surface area contributed by atoms with E-state index in [1.807, 2.05) is 25.5 Å². The van der Waals surface area contributed by atoms with Crippen molar-refractivity contribution in [3.05, 3.63) is 60.7 Å². The van der Waals surface area contributed by atoms with Crippen LogP contribution >= 0.6 is 0 Å². The topological polar surface area (TPSA) is 18.0 Å². The number of ether oxygens (including phenoxy) is 1. The zero-order valence-electron chi connectivity index (χ0n) is 11.7. The number of aromatic nitrogens is 2. The van der Waals surface area contributed by atoms with Gasteiger partial charge in [0.25, 0.3) is 0 Å². The summed E-state index contributed by atoms with van der Waals surface area (Å²) in [5.74, 6) is -0.0243. The molecule has 21 heavy (non-hydrogen) atoms. The number of imidazole rings is 1. The molecule has 3 aromatic rings. The lowest BCUT2D eigenvalue weighted by Gasteiger charge is -2.05. The van der Waals surface area contributed by atoms with Gasteiger partial charge in [-0.15, -0.1) is 0 Å². The van der Waals surface area contributed by atoms with Gasteiger partial charge in [-0.2, -0.15) is 0 Å². The van der Waals surface area contributed by atoms with Crippen LogP contribution in [0, 0.1) is 5.82 Å². The van der Waals surface area contributed by atoms with Gasteiger partial charge in [0.2, 0.25) is 6.33 Å². The van der Waals surface area contributed by atoms with Gasteiger partial charge in [-0.3, -0.25) is 0 Å². The van der Waals surface area contributed by atoms with E-state index in [-0.39, 0.29) is 22.8 Å². The van der Waals surface area contributed by atoms with Gasteiger partial charge in [-0.25, -0.2) is 13.5 Å². The molecule has 0 aliphatic carbocycles. The molecule has 1 heterocycles. The van der Waals surface area contributed by atoms with Crippen molar-refractivity contribution in [3.8, 4) is 5.75 Å². The fraction of sp³-hybridized carbons (Fsp3) is 0.188. The molecule has 3 nitrogen and oxygen atoms in total. The van der Waals surface area contributed by atoms with Gasteiger partial charge in [0.15, 0.2) is 22.6 Å². The molecular weight excluding hydrogens is 335 g/mol. The third-order valence-electron chi connectivity index (χ3n) is 3.31. The van der Waals surface area contributed by atoms with E-state index in [1.54, 1.807) is 18.2 Å². The molecule has 2 aromatic carbocycles. The molecule has 0 radical (unpaired) electrons. The first kappa shape index (κ1) is 15.5. The highest BCUT2D eigenvalue weighted by Gasteiger charge is 2.12. The fourth-order valence-corrected chi connectivity index (χ4v) is 2.33. The Kier molecular flexibility index (Phi) is 4.96. The third kappa shape index (κ3) is 3.24. The van der Waals surface area contributed by atoms with Crippen LogP contribution in [0.5, 0.6) is 5.75 Å². The summed E-state index contributed by atoms with van der Waals surface area (Å²) in [5.41, 5.74) is 2.31. The van der Waals surface area contributed by atoms with Crippen molar-refractivity contribution in [1.82, 2.24) is 4.57 Å². The summed E-state index contributed by atoms with van der Waals surface area (Å²) < 4.78 is 23.1. The Labute approximate surface area is 133 Å². The molecule has 0 aliphatic rings. The molecule has 0 spiro atoms. The number of hydrogen-bond donors (Lipinski definition) is 0. The lowest BCUT2D eigenvalue weighted by atomic mass is 10.3. The smallest absolute Gasteiger partial charge is 0.244 e. The van der Waals surface area contributed by atoms with E-state index in [4.69, 9.17) is 4.74 Å². The number of rotatable bonds is 4. The molecule has 1 aromatic heterocycles.